The largest absolute Gasteiger partial charge is 0.379 e. The molecule has 0 amide bonds. The molecule has 0 aromatic heterocycles. The Labute approximate surface area is 96.4 Å². The van der Waals surface area contributed by atoms with E-state index < -0.39 is 17.4 Å². The van der Waals surface area contributed by atoms with Crippen molar-refractivity contribution in [3.8, 4) is 0 Å². The molecule has 0 heterocycles. The van der Waals surface area contributed by atoms with Crippen LogP contribution in [0.25, 0.3) is 0 Å². The second kappa shape index (κ2) is 4.14. The molecule has 0 saturated carbocycles. The second-order valence-corrected chi connectivity index (χ2v) is 3.84. The second-order valence-electron chi connectivity index (χ2n) is 3.84. The number of benzene rings is 1. The van der Waals surface area contributed by atoms with E-state index in [9.17, 15) is 22.7 Å². The van der Waals surface area contributed by atoms with E-state index in [4.69, 9.17) is 0 Å². The number of hydrogen-bond donors (Lipinski definition) is 1. The Morgan fingerprint density at radius 3 is 2.00 bits per heavy atom. The summed E-state index contributed by atoms with van der Waals surface area (Å²) in [5.41, 5.74) is -3.27. The molecule has 1 aromatic rings. The third-order valence-corrected chi connectivity index (χ3v) is 2.62. The zero-order chi connectivity index (χ0) is 13.3. The van der Waals surface area contributed by atoms with E-state index in [-0.39, 0.29) is 11.6 Å². The van der Waals surface area contributed by atoms with Gasteiger partial charge in [0.15, 0.2) is 5.60 Å². The minimum absolute atomic E-state index is 0.162. The van der Waals surface area contributed by atoms with Gasteiger partial charge in [0.2, 0.25) is 0 Å². The van der Waals surface area contributed by atoms with Gasteiger partial charge in [0.25, 0.3) is 0 Å². The first kappa shape index (κ1) is 13.7. The molecule has 0 bridgehead atoms. The molecular formula is C12H12F4O. The molecule has 94 valence electrons. The monoisotopic (exact) mass is 248 g/mol. The summed E-state index contributed by atoms with van der Waals surface area (Å²) < 4.78 is 53.4. The minimum Gasteiger partial charge on any atom is -0.379 e. The summed E-state index contributed by atoms with van der Waals surface area (Å²) in [6.45, 7) is 3.32. The van der Waals surface area contributed by atoms with Gasteiger partial charge in [0.1, 0.15) is 0 Å². The molecule has 0 saturated heterocycles. The summed E-state index contributed by atoms with van der Waals surface area (Å²) in [7, 11) is 0. The highest BCUT2D eigenvalue weighted by Gasteiger charge is 2.65. The van der Waals surface area contributed by atoms with Gasteiger partial charge in [-0.25, -0.2) is 0 Å². The van der Waals surface area contributed by atoms with Gasteiger partial charge in [0.05, 0.1) is 0 Å². The number of aliphatic hydroxyl groups is 1. The number of rotatable bonds is 4. The number of hydrogen-bond acceptors (Lipinski definition) is 1. The van der Waals surface area contributed by atoms with Crippen molar-refractivity contribution in [3.63, 3.8) is 0 Å². The molecule has 0 aliphatic heterocycles. The Bertz CT molecular complexity index is 398. The van der Waals surface area contributed by atoms with Crippen LogP contribution in [0.1, 0.15) is 12.5 Å². The maximum absolute atomic E-state index is 13.6. The van der Waals surface area contributed by atoms with Crippen LogP contribution in [0.4, 0.5) is 17.6 Å². The zero-order valence-electron chi connectivity index (χ0n) is 9.13. The average Bonchev–Trinajstić information content (AvgIpc) is 2.29. The van der Waals surface area contributed by atoms with Crippen LogP contribution in [-0.2, 0) is 5.60 Å². The topological polar surface area (TPSA) is 20.2 Å². The fourth-order valence-electron chi connectivity index (χ4n) is 1.40. The van der Waals surface area contributed by atoms with Crippen molar-refractivity contribution < 1.29 is 22.7 Å². The Balaban J connectivity index is 3.27. The van der Waals surface area contributed by atoms with Crippen LogP contribution in [0.15, 0.2) is 43.0 Å². The normalized spacial score (nSPS) is 16.4. The molecule has 1 unspecified atom stereocenters. The Hall–Kier alpha value is -1.36. The van der Waals surface area contributed by atoms with E-state index in [1.165, 1.54) is 18.2 Å². The summed E-state index contributed by atoms with van der Waals surface area (Å²) in [6.07, 6.45) is -0.162. The van der Waals surface area contributed by atoms with Crippen molar-refractivity contribution in [3.05, 3.63) is 48.6 Å². The molecule has 5 heteroatoms. The highest BCUT2D eigenvalue weighted by Crippen LogP contribution is 2.47. The molecule has 0 fully saturated rings. The number of alkyl halides is 4. The fraction of sp³-hybridized carbons (Fsp3) is 0.333. The van der Waals surface area contributed by atoms with E-state index in [1.54, 1.807) is 0 Å². The third kappa shape index (κ3) is 2.07. The van der Waals surface area contributed by atoms with Gasteiger partial charge in [-0.1, -0.05) is 36.9 Å². The summed E-state index contributed by atoms with van der Waals surface area (Å²) in [6, 6.07) is 6.61. The van der Waals surface area contributed by atoms with Crippen LogP contribution >= 0.6 is 0 Å². The molecule has 1 aromatic carbocycles. The van der Waals surface area contributed by atoms with Gasteiger partial charge in [0, 0.05) is 0 Å². The Kier molecular flexibility index (Phi) is 3.34. The number of allylic oxidation sites excluding steroid dienone is 1. The van der Waals surface area contributed by atoms with Crippen LogP contribution in [0.2, 0.25) is 0 Å². The third-order valence-electron chi connectivity index (χ3n) is 2.62. The molecule has 1 nitrogen and oxygen atoms in total. The predicted molar refractivity (Wildman–Crippen MR) is 56.1 cm³/mol. The lowest BCUT2D eigenvalue weighted by atomic mass is 9.85. The van der Waals surface area contributed by atoms with Gasteiger partial charge in [-0.3, -0.25) is 0 Å². The van der Waals surface area contributed by atoms with Crippen molar-refractivity contribution >= 4 is 0 Å². The quantitative estimate of drug-likeness (QED) is 0.640. The predicted octanol–water partition coefficient (Wildman–Crippen LogP) is 3.35. The molecular weight excluding hydrogens is 236 g/mol. The highest BCUT2D eigenvalue weighted by atomic mass is 19.3. The lowest BCUT2D eigenvalue weighted by molar-refractivity contribution is -0.273. The van der Waals surface area contributed by atoms with Gasteiger partial charge < -0.3 is 5.11 Å². The van der Waals surface area contributed by atoms with E-state index in [0.717, 1.165) is 12.1 Å². The lowest BCUT2D eigenvalue weighted by Crippen LogP contribution is -2.54. The van der Waals surface area contributed by atoms with Gasteiger partial charge in [-0.15, -0.1) is 0 Å². The summed E-state index contributed by atoms with van der Waals surface area (Å²) >= 11 is 0. The lowest BCUT2D eigenvalue weighted by Gasteiger charge is -2.36. The average molecular weight is 248 g/mol. The van der Waals surface area contributed by atoms with Crippen LogP contribution in [-0.4, -0.2) is 17.0 Å². The van der Waals surface area contributed by atoms with Crippen molar-refractivity contribution in [2.24, 2.45) is 0 Å². The van der Waals surface area contributed by atoms with Gasteiger partial charge in [-0.05, 0) is 18.6 Å². The number of halogens is 4. The van der Waals surface area contributed by atoms with Crippen LogP contribution in [0.5, 0.6) is 0 Å². The molecule has 0 aliphatic rings. The van der Waals surface area contributed by atoms with Gasteiger partial charge in [-0.2, -0.15) is 17.6 Å². The van der Waals surface area contributed by atoms with E-state index in [0.29, 0.717) is 6.92 Å². The summed E-state index contributed by atoms with van der Waals surface area (Å²) in [4.78, 5) is 0. The Morgan fingerprint density at radius 1 is 1.12 bits per heavy atom. The molecule has 1 N–H and O–H groups in total. The summed E-state index contributed by atoms with van der Waals surface area (Å²) in [5, 5.41) is 9.70. The standard InChI is InChI=1S/C12H12F4O/c1-3-11(13,14)12(15,16)10(2,17)9-7-5-4-6-8-9/h3-8,17H,1H2,2H3. The minimum atomic E-state index is -4.65. The molecule has 1 atom stereocenters. The van der Waals surface area contributed by atoms with Crippen LogP contribution in [0.3, 0.4) is 0 Å². The van der Waals surface area contributed by atoms with E-state index in [2.05, 4.69) is 6.58 Å². The fourth-order valence-corrected chi connectivity index (χ4v) is 1.40. The van der Waals surface area contributed by atoms with Crippen molar-refractivity contribution in [1.29, 1.82) is 0 Å². The van der Waals surface area contributed by atoms with Crippen molar-refractivity contribution in [2.75, 3.05) is 0 Å². The van der Waals surface area contributed by atoms with Crippen LogP contribution in [0, 0.1) is 0 Å². The SMILES string of the molecule is C=CC(F)(F)C(F)(F)C(C)(O)c1ccccc1. The first-order chi connectivity index (χ1) is 7.67. The molecule has 0 radical (unpaired) electrons. The molecule has 0 aliphatic carbocycles. The van der Waals surface area contributed by atoms with E-state index in [1.807, 2.05) is 0 Å². The maximum Gasteiger partial charge on any atom is 0.345 e. The van der Waals surface area contributed by atoms with E-state index >= 15 is 0 Å². The zero-order valence-corrected chi connectivity index (χ0v) is 9.13. The van der Waals surface area contributed by atoms with Crippen molar-refractivity contribution in [2.45, 2.75) is 24.4 Å². The first-order valence-corrected chi connectivity index (χ1v) is 4.84. The molecule has 17 heavy (non-hydrogen) atoms. The summed E-state index contributed by atoms with van der Waals surface area (Å²) in [5.74, 6) is -9.14. The smallest absolute Gasteiger partial charge is 0.345 e. The molecule has 1 rings (SSSR count). The van der Waals surface area contributed by atoms with Crippen molar-refractivity contribution in [1.82, 2.24) is 0 Å². The maximum atomic E-state index is 13.6. The first-order valence-electron chi connectivity index (χ1n) is 4.84. The van der Waals surface area contributed by atoms with Gasteiger partial charge >= 0.3 is 11.8 Å². The Morgan fingerprint density at radius 2 is 1.59 bits per heavy atom. The molecule has 0 spiro atoms. The van der Waals surface area contributed by atoms with Crippen LogP contribution < -0.4 is 0 Å². The highest BCUT2D eigenvalue weighted by molar-refractivity contribution is 5.26.